The van der Waals surface area contributed by atoms with Gasteiger partial charge in [0.25, 0.3) is 0 Å². The van der Waals surface area contributed by atoms with Gasteiger partial charge in [-0.25, -0.2) is 0 Å². The molecule has 8 atom stereocenters. The molecule has 0 aliphatic carbocycles. The van der Waals surface area contributed by atoms with Gasteiger partial charge in [-0.1, -0.05) is 18.2 Å². The monoisotopic (exact) mass is 310 g/mol. The quantitative estimate of drug-likeness (QED) is 0.786. The topological polar surface area (TPSA) is 48.5 Å². The highest BCUT2D eigenvalue weighted by Gasteiger charge is 2.61. The van der Waals surface area contributed by atoms with Crippen LogP contribution < -0.4 is 0 Å². The number of hydrogen-bond acceptors (Lipinski definition) is 3. The predicted molar refractivity (Wildman–Crippen MR) is 86.9 cm³/mol. The highest BCUT2D eigenvalue weighted by Crippen LogP contribution is 2.58. The fourth-order valence-corrected chi connectivity index (χ4v) is 6.30. The Morgan fingerprint density at radius 3 is 3.04 bits per heavy atom. The predicted octanol–water partition coefficient (Wildman–Crippen LogP) is 2.44. The van der Waals surface area contributed by atoms with Crippen molar-refractivity contribution in [3.8, 4) is 0 Å². The third-order valence-electron chi connectivity index (χ3n) is 7.20. The van der Waals surface area contributed by atoms with Crippen LogP contribution in [0.1, 0.15) is 30.6 Å². The van der Waals surface area contributed by atoms with Crippen LogP contribution in [0.5, 0.6) is 0 Å². The zero-order chi connectivity index (χ0) is 15.3. The van der Waals surface area contributed by atoms with Crippen molar-refractivity contribution < 1.29 is 9.84 Å². The van der Waals surface area contributed by atoms with Crippen LogP contribution in [0.25, 0.3) is 10.9 Å². The van der Waals surface area contributed by atoms with Crippen molar-refractivity contribution in [2.45, 2.75) is 44.2 Å². The molecule has 4 heteroatoms. The molecule has 1 aromatic heterocycles. The van der Waals surface area contributed by atoms with Crippen LogP contribution in [0.4, 0.5) is 0 Å². The molecule has 5 aliphatic heterocycles. The van der Waals surface area contributed by atoms with Gasteiger partial charge in [0.15, 0.2) is 6.29 Å². The molecule has 2 N–H and O–H groups in total. The summed E-state index contributed by atoms with van der Waals surface area (Å²) in [5, 5.41) is 11.9. The van der Waals surface area contributed by atoms with Crippen LogP contribution >= 0.6 is 0 Å². The molecule has 5 aliphatic rings. The highest BCUT2D eigenvalue weighted by atomic mass is 16.6. The number of benzene rings is 1. The number of nitrogens with zero attached hydrogens (tertiary/aromatic N) is 1. The minimum Gasteiger partial charge on any atom is -0.368 e. The highest BCUT2D eigenvalue weighted by molar-refractivity contribution is 5.85. The molecule has 6 bridgehead atoms. The number of aromatic nitrogens is 1. The molecule has 0 radical (unpaired) electrons. The van der Waals surface area contributed by atoms with Crippen LogP contribution in [-0.2, 0) is 11.2 Å². The van der Waals surface area contributed by atoms with Crippen LogP contribution in [0.3, 0.4) is 0 Å². The minimum absolute atomic E-state index is 0.281. The van der Waals surface area contributed by atoms with E-state index >= 15 is 0 Å². The second kappa shape index (κ2) is 4.18. The largest absolute Gasteiger partial charge is 0.368 e. The lowest BCUT2D eigenvalue weighted by Gasteiger charge is -2.65. The van der Waals surface area contributed by atoms with Crippen molar-refractivity contribution >= 4 is 10.9 Å². The number of aliphatic hydroxyl groups is 1. The maximum atomic E-state index is 10.5. The van der Waals surface area contributed by atoms with E-state index in [2.05, 4.69) is 41.1 Å². The van der Waals surface area contributed by atoms with Crippen molar-refractivity contribution in [3.63, 3.8) is 0 Å². The average molecular weight is 310 g/mol. The fraction of sp³-hybridized carbons (Fsp3) is 0.579. The molecule has 4 fully saturated rings. The summed E-state index contributed by atoms with van der Waals surface area (Å²) in [5.74, 6) is 1.47. The number of nitrogens with one attached hydrogen (secondary N) is 1. The molecule has 1 aromatic carbocycles. The Bertz CT molecular complexity index is 800. The smallest absolute Gasteiger partial charge is 0.159 e. The third kappa shape index (κ3) is 1.44. The van der Waals surface area contributed by atoms with Crippen molar-refractivity contribution in [2.24, 2.45) is 17.8 Å². The van der Waals surface area contributed by atoms with Gasteiger partial charge in [-0.05, 0) is 37.3 Å². The first kappa shape index (κ1) is 13.0. The maximum absolute atomic E-state index is 10.5. The number of para-hydroxylation sites is 1. The Morgan fingerprint density at radius 1 is 1.26 bits per heavy atom. The Hall–Kier alpha value is -1.36. The SMILES string of the molecule is C[C@@H]1[C@H]2CO[C@H](O)[C@@H]3[C@@H]2C[C@H]2c4[nH]c5ccccc5c4C[C@@H]3N12. The Morgan fingerprint density at radius 2 is 2.13 bits per heavy atom. The van der Waals surface area contributed by atoms with Gasteiger partial charge in [0, 0.05) is 40.5 Å². The van der Waals surface area contributed by atoms with E-state index in [1.807, 2.05) is 0 Å². The zero-order valence-electron chi connectivity index (χ0n) is 13.3. The van der Waals surface area contributed by atoms with E-state index in [1.165, 1.54) is 22.2 Å². The Balaban J connectivity index is 1.56. The summed E-state index contributed by atoms with van der Waals surface area (Å²) < 4.78 is 5.74. The maximum Gasteiger partial charge on any atom is 0.159 e. The molecule has 4 saturated heterocycles. The number of aliphatic hydroxyl groups excluding tert-OH is 1. The molecular formula is C19H22N2O2. The van der Waals surface area contributed by atoms with Gasteiger partial charge in [-0.2, -0.15) is 0 Å². The number of ether oxygens (including phenoxy) is 1. The van der Waals surface area contributed by atoms with Crippen LogP contribution in [0.2, 0.25) is 0 Å². The lowest BCUT2D eigenvalue weighted by atomic mass is 9.58. The summed E-state index contributed by atoms with van der Waals surface area (Å²) in [6, 6.07) is 10.1. The molecule has 6 heterocycles. The number of hydrogen-bond donors (Lipinski definition) is 2. The molecule has 0 spiro atoms. The Kier molecular flexibility index (Phi) is 2.36. The van der Waals surface area contributed by atoms with E-state index in [1.54, 1.807) is 0 Å². The van der Waals surface area contributed by atoms with Gasteiger partial charge in [-0.15, -0.1) is 0 Å². The van der Waals surface area contributed by atoms with E-state index in [9.17, 15) is 5.11 Å². The van der Waals surface area contributed by atoms with Gasteiger partial charge in [0.05, 0.1) is 12.6 Å². The lowest BCUT2D eigenvalue weighted by molar-refractivity contribution is -0.280. The van der Waals surface area contributed by atoms with Gasteiger partial charge >= 0.3 is 0 Å². The molecule has 1 unspecified atom stereocenters. The minimum atomic E-state index is -0.580. The zero-order valence-corrected chi connectivity index (χ0v) is 13.3. The second-order valence-corrected chi connectivity index (χ2v) is 7.90. The number of H-pyrrole nitrogens is 1. The first-order valence-electron chi connectivity index (χ1n) is 8.90. The average Bonchev–Trinajstić information content (AvgIpc) is 2.93. The van der Waals surface area contributed by atoms with Gasteiger partial charge in [0.2, 0.25) is 0 Å². The van der Waals surface area contributed by atoms with Crippen molar-refractivity contribution in [3.05, 3.63) is 35.5 Å². The van der Waals surface area contributed by atoms with Gasteiger partial charge in [-0.3, -0.25) is 4.90 Å². The van der Waals surface area contributed by atoms with E-state index < -0.39 is 6.29 Å². The van der Waals surface area contributed by atoms with E-state index in [0.717, 1.165) is 19.4 Å². The first-order chi connectivity index (χ1) is 11.2. The molecule has 4 nitrogen and oxygen atoms in total. The molecule has 0 amide bonds. The van der Waals surface area contributed by atoms with Crippen molar-refractivity contribution in [1.82, 2.24) is 9.88 Å². The summed E-state index contributed by atoms with van der Waals surface area (Å²) in [4.78, 5) is 6.43. The molecular weight excluding hydrogens is 288 g/mol. The number of aromatic amines is 1. The van der Waals surface area contributed by atoms with E-state index in [0.29, 0.717) is 30.0 Å². The number of rotatable bonds is 0. The van der Waals surface area contributed by atoms with Crippen molar-refractivity contribution in [1.29, 1.82) is 0 Å². The van der Waals surface area contributed by atoms with Crippen LogP contribution in [-0.4, -0.2) is 40.0 Å². The van der Waals surface area contributed by atoms with Gasteiger partial charge in [0.1, 0.15) is 0 Å². The summed E-state index contributed by atoms with van der Waals surface area (Å²) in [6.07, 6.45) is 1.62. The van der Waals surface area contributed by atoms with E-state index in [-0.39, 0.29) is 5.92 Å². The fourth-order valence-electron chi connectivity index (χ4n) is 6.30. The molecule has 7 rings (SSSR count). The second-order valence-electron chi connectivity index (χ2n) is 7.90. The molecule has 120 valence electrons. The normalized spacial score (nSPS) is 46.9. The van der Waals surface area contributed by atoms with Gasteiger partial charge < -0.3 is 14.8 Å². The standard InChI is InChI=1S/C19H22N2O2/c1-9-13-8-23-19(22)17-11(13)6-16-18-12(7-15(17)21(9)16)10-4-2-3-5-14(10)20-18/h2-5,9,11,13,15-17,19-20,22H,6-8H2,1H3/t9-,11-,13-,15+,16+,17-,19+/m1/s1. The summed E-state index contributed by atoms with van der Waals surface area (Å²) in [5.41, 5.74) is 4.18. The lowest BCUT2D eigenvalue weighted by Crippen LogP contribution is -2.71. The van der Waals surface area contributed by atoms with Crippen LogP contribution in [0, 0.1) is 17.8 Å². The Labute approximate surface area is 135 Å². The summed E-state index contributed by atoms with van der Waals surface area (Å²) in [7, 11) is 0. The summed E-state index contributed by atoms with van der Waals surface area (Å²) in [6.45, 7) is 3.08. The van der Waals surface area contributed by atoms with Crippen LogP contribution in [0.15, 0.2) is 24.3 Å². The van der Waals surface area contributed by atoms with E-state index in [4.69, 9.17) is 4.74 Å². The number of piperidine rings is 3. The molecule has 23 heavy (non-hydrogen) atoms. The molecule has 0 saturated carbocycles. The van der Waals surface area contributed by atoms with Crippen molar-refractivity contribution in [2.75, 3.05) is 6.61 Å². The first-order valence-corrected chi connectivity index (χ1v) is 8.90. The molecule has 2 aromatic rings. The summed E-state index contributed by atoms with van der Waals surface area (Å²) >= 11 is 0. The number of fused-ring (bicyclic) bond motifs is 3. The third-order valence-corrected chi connectivity index (χ3v) is 7.20.